The van der Waals surface area contributed by atoms with Crippen molar-refractivity contribution in [1.82, 2.24) is 19.5 Å². The molecule has 0 N–H and O–H groups in total. The van der Waals surface area contributed by atoms with Gasteiger partial charge in [-0.25, -0.2) is 15.0 Å². The molecule has 63 heavy (non-hydrogen) atoms. The molecule has 0 saturated carbocycles. The molecule has 0 atom stereocenters. The molecule has 0 saturated heterocycles. The van der Waals surface area contributed by atoms with E-state index in [1.807, 2.05) is 36.4 Å². The first kappa shape index (κ1) is 36.4. The van der Waals surface area contributed by atoms with Crippen LogP contribution in [0.25, 0.3) is 117 Å². The maximum absolute atomic E-state index is 5.56. The second-order valence-electron chi connectivity index (χ2n) is 16.0. The minimum Gasteiger partial charge on any atom is -0.309 e. The molecule has 0 bridgehead atoms. The topological polar surface area (TPSA) is 43.6 Å². The lowest BCUT2D eigenvalue weighted by Crippen LogP contribution is -1.95. The fourth-order valence-electron chi connectivity index (χ4n) is 9.14. The third kappa shape index (κ3) is 6.44. The molecule has 0 radical (unpaired) electrons. The summed E-state index contributed by atoms with van der Waals surface area (Å²) in [6.07, 6.45) is 0. The first-order valence-electron chi connectivity index (χ1n) is 21.4. The molecule has 12 aromatic rings. The predicted molar refractivity (Wildman–Crippen MR) is 262 cm³/mol. The maximum atomic E-state index is 5.56. The van der Waals surface area contributed by atoms with Gasteiger partial charge in [-0.05, 0) is 58.5 Å². The molecule has 0 fully saturated rings. The maximum Gasteiger partial charge on any atom is 0.160 e. The van der Waals surface area contributed by atoms with Crippen molar-refractivity contribution in [3.8, 4) is 73.1 Å². The molecular weight excluding hydrogens is 765 g/mol. The second kappa shape index (κ2) is 15.2. The quantitative estimate of drug-likeness (QED) is 0.151. The van der Waals surface area contributed by atoms with Crippen molar-refractivity contribution in [3.63, 3.8) is 0 Å². The Morgan fingerprint density at radius 3 is 1.48 bits per heavy atom. The van der Waals surface area contributed by atoms with Gasteiger partial charge in [0.25, 0.3) is 0 Å². The van der Waals surface area contributed by atoms with Gasteiger partial charge in [0.15, 0.2) is 5.82 Å². The predicted octanol–water partition coefficient (Wildman–Crippen LogP) is 15.3. The molecule has 12 rings (SSSR count). The van der Waals surface area contributed by atoms with Crippen molar-refractivity contribution in [2.45, 2.75) is 0 Å². The average molecular weight is 803 g/mol. The monoisotopic (exact) mass is 802 g/mol. The average Bonchev–Trinajstić information content (AvgIpc) is 3.69. The Hall–Kier alpha value is -8.47. The largest absolute Gasteiger partial charge is 0.309 e. The summed E-state index contributed by atoms with van der Waals surface area (Å²) < 4.78 is 2.38. The number of aromatic nitrogens is 4. The van der Waals surface area contributed by atoms with Gasteiger partial charge >= 0.3 is 0 Å². The number of benzene rings is 9. The van der Waals surface area contributed by atoms with Crippen LogP contribution in [-0.2, 0) is 0 Å². The lowest BCUT2D eigenvalue weighted by molar-refractivity contribution is 1.18. The molecule has 0 spiro atoms. The number of pyridine rings is 1. The molecule has 0 aliphatic rings. The summed E-state index contributed by atoms with van der Waals surface area (Å²) in [7, 11) is 0. The summed E-state index contributed by atoms with van der Waals surface area (Å²) in [5.41, 5.74) is 15.9. The third-order valence-electron chi connectivity index (χ3n) is 12.2. The van der Waals surface area contributed by atoms with Crippen LogP contribution in [0.15, 0.2) is 231 Å². The normalized spacial score (nSPS) is 11.5. The second-order valence-corrected chi connectivity index (χ2v) is 16.0. The van der Waals surface area contributed by atoms with Gasteiger partial charge in [-0.3, -0.25) is 0 Å². The molecule has 9 aromatic carbocycles. The van der Waals surface area contributed by atoms with Crippen molar-refractivity contribution in [2.75, 3.05) is 0 Å². The highest BCUT2D eigenvalue weighted by Crippen LogP contribution is 2.42. The van der Waals surface area contributed by atoms with Gasteiger partial charge in [-0.2, -0.15) is 0 Å². The number of hydrogen-bond acceptors (Lipinski definition) is 3. The number of para-hydroxylation sites is 3. The molecule has 3 heterocycles. The van der Waals surface area contributed by atoms with Gasteiger partial charge in [0.1, 0.15) is 0 Å². The molecule has 3 aromatic heterocycles. The summed E-state index contributed by atoms with van der Waals surface area (Å²) in [6.45, 7) is 0. The van der Waals surface area contributed by atoms with E-state index in [0.29, 0.717) is 5.82 Å². The lowest BCUT2D eigenvalue weighted by atomic mass is 9.94. The lowest BCUT2D eigenvalue weighted by Gasteiger charge is -2.15. The molecule has 0 aliphatic carbocycles. The SMILES string of the molecule is c1ccc(-c2cc(-c3ccc(-c4ccc(-c5cccc6c5nc(-c5ccccc5)c5cc7c(cc56)c5ccccc5n7-c5ccccc5)cc4)cc3)nc(-c3ccccc3)n2)cc1. The van der Waals surface area contributed by atoms with E-state index in [0.717, 1.165) is 83.6 Å². The van der Waals surface area contributed by atoms with Gasteiger partial charge in [0, 0.05) is 55.0 Å². The van der Waals surface area contributed by atoms with Crippen LogP contribution in [0.3, 0.4) is 0 Å². The zero-order chi connectivity index (χ0) is 41.7. The van der Waals surface area contributed by atoms with Gasteiger partial charge in [0.05, 0.1) is 33.6 Å². The van der Waals surface area contributed by atoms with Crippen molar-refractivity contribution < 1.29 is 0 Å². The van der Waals surface area contributed by atoms with Crippen LogP contribution < -0.4 is 0 Å². The first-order valence-corrected chi connectivity index (χ1v) is 21.4. The Labute approximate surface area is 365 Å². The van der Waals surface area contributed by atoms with Gasteiger partial charge in [-0.15, -0.1) is 0 Å². The van der Waals surface area contributed by atoms with E-state index < -0.39 is 0 Å². The smallest absolute Gasteiger partial charge is 0.160 e. The number of nitrogens with zero attached hydrogens (tertiary/aromatic N) is 4. The van der Waals surface area contributed by atoms with Crippen molar-refractivity contribution in [1.29, 1.82) is 0 Å². The molecule has 294 valence electrons. The molecule has 0 unspecified atom stereocenters. The highest BCUT2D eigenvalue weighted by molar-refractivity contribution is 6.21. The highest BCUT2D eigenvalue weighted by atomic mass is 15.0. The molecule has 0 aliphatic heterocycles. The Kier molecular flexibility index (Phi) is 8.79. The minimum atomic E-state index is 0.711. The van der Waals surface area contributed by atoms with Gasteiger partial charge in [-0.1, -0.05) is 194 Å². The van der Waals surface area contributed by atoms with Crippen LogP contribution in [0.4, 0.5) is 0 Å². The number of hydrogen-bond donors (Lipinski definition) is 0. The van der Waals surface area contributed by atoms with Crippen LogP contribution in [0.2, 0.25) is 0 Å². The summed E-state index contributed by atoms with van der Waals surface area (Å²) >= 11 is 0. The summed E-state index contributed by atoms with van der Waals surface area (Å²) in [4.78, 5) is 15.6. The van der Waals surface area contributed by atoms with E-state index in [1.165, 1.54) is 27.2 Å². The van der Waals surface area contributed by atoms with E-state index in [-0.39, 0.29) is 0 Å². The van der Waals surface area contributed by atoms with Gasteiger partial charge < -0.3 is 4.57 Å². The van der Waals surface area contributed by atoms with E-state index in [2.05, 4.69) is 199 Å². The summed E-state index contributed by atoms with van der Waals surface area (Å²) in [6, 6.07) is 81.5. The molecule has 4 nitrogen and oxygen atoms in total. The number of rotatable bonds is 7. The first-order chi connectivity index (χ1) is 31.2. The zero-order valence-electron chi connectivity index (χ0n) is 34.2. The fraction of sp³-hybridized carbons (Fsp3) is 0. The Morgan fingerprint density at radius 1 is 0.286 bits per heavy atom. The Morgan fingerprint density at radius 2 is 0.810 bits per heavy atom. The van der Waals surface area contributed by atoms with Crippen molar-refractivity contribution in [2.24, 2.45) is 0 Å². The van der Waals surface area contributed by atoms with Crippen LogP contribution >= 0.6 is 0 Å². The van der Waals surface area contributed by atoms with Gasteiger partial charge in [0.2, 0.25) is 0 Å². The standard InChI is InChI=1S/C59H38N4/c1-5-16-42(17-6-1)53-38-54(61-59(60-53)45-20-9-3-10-21-45)43-34-30-40(31-35-43)39-28-32-41(33-29-39)47-25-15-26-49-50-36-51-48-24-13-14-27-55(48)63(46-22-11-4-12-23-46)56(51)37-52(50)57(62-58(47)49)44-18-7-2-8-19-44/h1-38H. The molecule has 4 heteroatoms. The van der Waals surface area contributed by atoms with Crippen LogP contribution in [0.1, 0.15) is 0 Å². The summed E-state index contributed by atoms with van der Waals surface area (Å²) in [5.74, 6) is 0.711. The molecular formula is C59H38N4. The zero-order valence-corrected chi connectivity index (χ0v) is 34.2. The van der Waals surface area contributed by atoms with E-state index in [4.69, 9.17) is 15.0 Å². The van der Waals surface area contributed by atoms with Crippen molar-refractivity contribution >= 4 is 43.5 Å². The highest BCUT2D eigenvalue weighted by Gasteiger charge is 2.19. The Balaban J connectivity index is 0.950. The van der Waals surface area contributed by atoms with Crippen LogP contribution in [-0.4, -0.2) is 19.5 Å². The number of fused-ring (bicyclic) bond motifs is 6. The van der Waals surface area contributed by atoms with Crippen LogP contribution in [0, 0.1) is 0 Å². The minimum absolute atomic E-state index is 0.711. The molecule has 0 amide bonds. The fourth-order valence-corrected chi connectivity index (χ4v) is 9.14. The van der Waals surface area contributed by atoms with Crippen molar-refractivity contribution in [3.05, 3.63) is 231 Å². The van der Waals surface area contributed by atoms with Crippen LogP contribution in [0.5, 0.6) is 0 Å². The van der Waals surface area contributed by atoms with E-state index >= 15 is 0 Å². The van der Waals surface area contributed by atoms with E-state index in [9.17, 15) is 0 Å². The summed E-state index contributed by atoms with van der Waals surface area (Å²) in [5, 5.41) is 5.91. The van der Waals surface area contributed by atoms with E-state index in [1.54, 1.807) is 0 Å². The Bertz CT molecular complexity index is 3560. The third-order valence-corrected chi connectivity index (χ3v) is 12.2.